The zero-order chi connectivity index (χ0) is 23.4. The Morgan fingerprint density at radius 2 is 1.79 bits per heavy atom. The smallest absolute Gasteiger partial charge is 0.227 e. The molecule has 0 radical (unpaired) electrons. The maximum Gasteiger partial charge on any atom is 0.227 e. The van der Waals surface area contributed by atoms with Crippen LogP contribution in [-0.2, 0) is 4.79 Å². The van der Waals surface area contributed by atoms with Crippen molar-refractivity contribution in [1.29, 1.82) is 0 Å². The third kappa shape index (κ3) is 3.53. The molecule has 0 atom stereocenters. The van der Waals surface area contributed by atoms with Crippen molar-refractivity contribution < 1.29 is 9.90 Å². The van der Waals surface area contributed by atoms with Gasteiger partial charge in [-0.05, 0) is 66.4 Å². The molecule has 4 heterocycles. The number of halogens is 1. The maximum absolute atomic E-state index is 12.2. The van der Waals surface area contributed by atoms with Gasteiger partial charge in [0.25, 0.3) is 0 Å². The average molecular weight is 475 g/mol. The number of carbonyl (C=O) groups is 1. The second-order valence-corrected chi connectivity index (χ2v) is 10.3. The van der Waals surface area contributed by atoms with Crippen LogP contribution in [0.2, 0.25) is 5.02 Å². The molecule has 3 aliphatic heterocycles. The Labute approximate surface area is 204 Å². The van der Waals surface area contributed by atoms with Crippen LogP contribution in [0.15, 0.2) is 48.7 Å². The fourth-order valence-corrected chi connectivity index (χ4v) is 5.68. The van der Waals surface area contributed by atoms with Crippen LogP contribution in [0.25, 0.3) is 22.3 Å². The molecule has 1 amide bonds. The molecule has 2 N–H and O–H groups in total. The lowest BCUT2D eigenvalue weighted by Crippen LogP contribution is -2.71. The van der Waals surface area contributed by atoms with Crippen LogP contribution in [0.1, 0.15) is 18.4 Å². The van der Waals surface area contributed by atoms with Gasteiger partial charge in [-0.15, -0.1) is 0 Å². The monoisotopic (exact) mass is 474 g/mol. The first-order valence-corrected chi connectivity index (χ1v) is 12.2. The molecule has 3 aromatic rings. The lowest BCUT2D eigenvalue weighted by atomic mass is 9.74. The van der Waals surface area contributed by atoms with E-state index in [2.05, 4.69) is 21.3 Å². The maximum atomic E-state index is 12.2. The van der Waals surface area contributed by atoms with Gasteiger partial charge in [0, 0.05) is 61.9 Å². The number of pyridine rings is 1. The van der Waals surface area contributed by atoms with Crippen molar-refractivity contribution in [1.82, 2.24) is 10.3 Å². The van der Waals surface area contributed by atoms with E-state index in [0.29, 0.717) is 23.4 Å². The molecule has 6 rings (SSSR count). The number of phenolic OH excluding ortho intramolecular Hbond substituents is 1. The fourth-order valence-electron chi connectivity index (χ4n) is 5.40. The molecule has 2 aromatic carbocycles. The average Bonchev–Trinajstić information content (AvgIpc) is 3.19. The van der Waals surface area contributed by atoms with Crippen LogP contribution in [0.4, 0.5) is 11.5 Å². The molecular formula is C27H27ClN4O2. The molecule has 0 aliphatic carbocycles. The van der Waals surface area contributed by atoms with E-state index in [1.54, 1.807) is 4.90 Å². The molecule has 3 fully saturated rings. The van der Waals surface area contributed by atoms with Crippen molar-refractivity contribution in [2.45, 2.75) is 19.8 Å². The summed E-state index contributed by atoms with van der Waals surface area (Å²) in [5, 5.41) is 15.2. The molecule has 174 valence electrons. The standard InChI is InChI=1S/C27H27ClN4O2/c1-17-9-20(18-4-5-23(22(28)11-18)32-8-2-3-25(32)33)26(34)21(10-17)19-6-7-30-24(12-19)31-15-27(16-31)13-29-14-27/h4-7,9-12,29,34H,2-3,8,13-16H2,1H3. The number of hydrogen-bond acceptors (Lipinski definition) is 5. The minimum Gasteiger partial charge on any atom is -0.507 e. The quantitative estimate of drug-likeness (QED) is 0.577. The van der Waals surface area contributed by atoms with E-state index in [4.69, 9.17) is 11.6 Å². The van der Waals surface area contributed by atoms with Crippen molar-refractivity contribution in [3.63, 3.8) is 0 Å². The Balaban J connectivity index is 1.33. The summed E-state index contributed by atoms with van der Waals surface area (Å²) in [4.78, 5) is 20.8. The number of aromatic hydroxyl groups is 1. The number of aryl methyl sites for hydroxylation is 1. The minimum atomic E-state index is 0.102. The normalized spacial score (nSPS) is 18.8. The largest absolute Gasteiger partial charge is 0.507 e. The van der Waals surface area contributed by atoms with Crippen LogP contribution in [0, 0.1) is 12.3 Å². The Hall–Kier alpha value is -3.09. The number of aromatic nitrogens is 1. The molecule has 0 bridgehead atoms. The molecule has 34 heavy (non-hydrogen) atoms. The van der Waals surface area contributed by atoms with Gasteiger partial charge in [-0.1, -0.05) is 17.7 Å². The van der Waals surface area contributed by atoms with Crippen LogP contribution in [0.5, 0.6) is 5.75 Å². The van der Waals surface area contributed by atoms with E-state index >= 15 is 0 Å². The summed E-state index contributed by atoms with van der Waals surface area (Å²) in [5.74, 6) is 1.26. The number of nitrogens with zero attached hydrogens (tertiary/aromatic N) is 3. The fraction of sp³-hybridized carbons (Fsp3) is 0.333. The molecular weight excluding hydrogens is 448 g/mol. The third-order valence-electron chi connectivity index (χ3n) is 7.31. The lowest BCUT2D eigenvalue weighted by molar-refractivity contribution is -0.117. The number of nitrogens with one attached hydrogen (secondary N) is 1. The van der Waals surface area contributed by atoms with Gasteiger partial charge in [0.1, 0.15) is 11.6 Å². The van der Waals surface area contributed by atoms with Gasteiger partial charge in [-0.3, -0.25) is 4.79 Å². The second kappa shape index (κ2) is 8.00. The number of anilines is 2. The topological polar surface area (TPSA) is 68.7 Å². The zero-order valence-corrected chi connectivity index (χ0v) is 19.9. The molecule has 3 saturated heterocycles. The third-order valence-corrected chi connectivity index (χ3v) is 7.61. The Kier molecular flexibility index (Phi) is 5.04. The van der Waals surface area contributed by atoms with Crippen molar-refractivity contribution in [2.75, 3.05) is 42.5 Å². The number of carbonyl (C=O) groups excluding carboxylic acids is 1. The number of phenols is 1. The van der Waals surface area contributed by atoms with Crippen LogP contribution >= 0.6 is 11.6 Å². The summed E-state index contributed by atoms with van der Waals surface area (Å²) in [7, 11) is 0. The van der Waals surface area contributed by atoms with Gasteiger partial charge in [-0.2, -0.15) is 0 Å². The highest BCUT2D eigenvalue weighted by molar-refractivity contribution is 6.34. The highest BCUT2D eigenvalue weighted by Gasteiger charge is 2.47. The van der Waals surface area contributed by atoms with E-state index in [1.807, 2.05) is 49.5 Å². The SMILES string of the molecule is Cc1cc(-c2ccnc(N3CC4(CNC4)C3)c2)c(O)c(-c2ccc(N3CCCC3=O)c(Cl)c2)c1. The molecule has 3 aliphatic rings. The van der Waals surface area contributed by atoms with Crippen LogP contribution in [-0.4, -0.2) is 48.7 Å². The van der Waals surface area contributed by atoms with Gasteiger partial charge >= 0.3 is 0 Å². The first-order chi connectivity index (χ1) is 16.4. The highest BCUT2D eigenvalue weighted by atomic mass is 35.5. The second-order valence-electron chi connectivity index (χ2n) is 9.89. The molecule has 0 unspecified atom stereocenters. The lowest BCUT2D eigenvalue weighted by Gasteiger charge is -2.56. The van der Waals surface area contributed by atoms with Crippen molar-refractivity contribution >= 4 is 29.0 Å². The predicted molar refractivity (Wildman–Crippen MR) is 136 cm³/mol. The Morgan fingerprint density at radius 1 is 1.06 bits per heavy atom. The Morgan fingerprint density at radius 3 is 2.41 bits per heavy atom. The number of amides is 1. The molecule has 7 heteroatoms. The van der Waals surface area contributed by atoms with E-state index < -0.39 is 0 Å². The van der Waals surface area contributed by atoms with Gasteiger partial charge in [-0.25, -0.2) is 4.98 Å². The predicted octanol–water partition coefficient (Wildman–Crippen LogP) is 4.62. The van der Waals surface area contributed by atoms with Gasteiger partial charge in [0.15, 0.2) is 0 Å². The molecule has 1 aromatic heterocycles. The van der Waals surface area contributed by atoms with Crippen molar-refractivity contribution in [3.8, 4) is 28.0 Å². The minimum absolute atomic E-state index is 0.102. The molecule has 6 nitrogen and oxygen atoms in total. The van der Waals surface area contributed by atoms with Crippen LogP contribution in [0.3, 0.4) is 0 Å². The summed E-state index contributed by atoms with van der Waals surface area (Å²) in [6, 6.07) is 13.6. The van der Waals surface area contributed by atoms with E-state index in [9.17, 15) is 9.90 Å². The highest BCUT2D eigenvalue weighted by Crippen LogP contribution is 2.43. The molecule has 1 spiro atoms. The van der Waals surface area contributed by atoms with Gasteiger partial charge < -0.3 is 20.2 Å². The summed E-state index contributed by atoms with van der Waals surface area (Å²) in [6.07, 6.45) is 3.22. The van der Waals surface area contributed by atoms with Gasteiger partial charge in [0.05, 0.1) is 10.7 Å². The summed E-state index contributed by atoms with van der Waals surface area (Å²) < 4.78 is 0. The van der Waals surface area contributed by atoms with E-state index in [0.717, 1.165) is 71.9 Å². The van der Waals surface area contributed by atoms with Crippen molar-refractivity contribution in [2.24, 2.45) is 5.41 Å². The number of hydrogen-bond donors (Lipinski definition) is 2. The number of rotatable bonds is 4. The molecule has 0 saturated carbocycles. The Bertz CT molecular complexity index is 1300. The van der Waals surface area contributed by atoms with Gasteiger partial charge in [0.2, 0.25) is 5.91 Å². The summed E-state index contributed by atoms with van der Waals surface area (Å²) in [6.45, 7) is 6.92. The van der Waals surface area contributed by atoms with E-state index in [1.165, 1.54) is 0 Å². The summed E-state index contributed by atoms with van der Waals surface area (Å²) >= 11 is 6.60. The number of benzene rings is 2. The zero-order valence-electron chi connectivity index (χ0n) is 19.1. The first-order valence-electron chi connectivity index (χ1n) is 11.8. The first kappa shape index (κ1) is 21.4. The summed E-state index contributed by atoms with van der Waals surface area (Å²) in [5.41, 5.74) is 5.44. The van der Waals surface area contributed by atoms with E-state index in [-0.39, 0.29) is 11.7 Å². The van der Waals surface area contributed by atoms with Crippen LogP contribution < -0.4 is 15.1 Å². The van der Waals surface area contributed by atoms with Crippen molar-refractivity contribution in [3.05, 3.63) is 59.2 Å².